The van der Waals surface area contributed by atoms with Gasteiger partial charge in [-0.3, -0.25) is 4.79 Å². The Bertz CT molecular complexity index is 583. The average molecular weight is 243 g/mol. The quantitative estimate of drug-likeness (QED) is 0.792. The molecule has 0 aliphatic carbocycles. The number of pyridine rings is 1. The van der Waals surface area contributed by atoms with Crippen LogP contribution in [0.4, 0.5) is 0 Å². The lowest BCUT2D eigenvalue weighted by atomic mass is 10.00. The van der Waals surface area contributed by atoms with E-state index in [1.807, 2.05) is 18.2 Å². The molecule has 0 atom stereocenters. The molecular formula is C16H21NO. The number of aryl methyl sites for hydroxylation is 1. The van der Waals surface area contributed by atoms with Crippen molar-refractivity contribution in [2.24, 2.45) is 0 Å². The molecule has 2 aromatic rings. The minimum Gasteiger partial charge on any atom is -0.322 e. The maximum absolute atomic E-state index is 12.1. The largest absolute Gasteiger partial charge is 0.322 e. The average Bonchev–Trinajstić information content (AvgIpc) is 2.38. The van der Waals surface area contributed by atoms with Crippen molar-refractivity contribution in [3.8, 4) is 0 Å². The molecule has 1 aromatic heterocycles. The fourth-order valence-electron chi connectivity index (χ4n) is 2.48. The standard InChI is InChI=1S/C16H21NO/c1-3-4-5-6-10-14-12(2)13-9-7-8-11-15(13)17-16(14)18/h7-9,11H,3-6,10H2,1-2H3,(H,17,18). The predicted octanol–water partition coefficient (Wildman–Crippen LogP) is 3.96. The van der Waals surface area contributed by atoms with Crippen LogP contribution in [0.15, 0.2) is 29.1 Å². The lowest BCUT2D eigenvalue weighted by Gasteiger charge is -2.08. The Morgan fingerprint density at radius 2 is 1.89 bits per heavy atom. The minimum atomic E-state index is 0.0858. The molecule has 0 radical (unpaired) electrons. The first-order chi connectivity index (χ1) is 8.74. The zero-order chi connectivity index (χ0) is 13.0. The lowest BCUT2D eigenvalue weighted by molar-refractivity contribution is 0.663. The van der Waals surface area contributed by atoms with Gasteiger partial charge in [-0.25, -0.2) is 0 Å². The topological polar surface area (TPSA) is 32.9 Å². The smallest absolute Gasteiger partial charge is 0.251 e. The van der Waals surface area contributed by atoms with E-state index in [1.54, 1.807) is 0 Å². The van der Waals surface area contributed by atoms with Crippen LogP contribution in [0.3, 0.4) is 0 Å². The molecule has 2 heteroatoms. The third-order valence-electron chi connectivity index (χ3n) is 3.59. The Balaban J connectivity index is 2.30. The molecule has 0 unspecified atom stereocenters. The van der Waals surface area contributed by atoms with Gasteiger partial charge in [0.05, 0.1) is 0 Å². The van der Waals surface area contributed by atoms with E-state index in [9.17, 15) is 4.79 Å². The summed E-state index contributed by atoms with van der Waals surface area (Å²) in [5, 5.41) is 1.17. The number of unbranched alkanes of at least 4 members (excludes halogenated alkanes) is 3. The zero-order valence-electron chi connectivity index (χ0n) is 11.3. The van der Waals surface area contributed by atoms with Crippen LogP contribution in [0.1, 0.15) is 43.7 Å². The van der Waals surface area contributed by atoms with Crippen LogP contribution in [0.25, 0.3) is 10.9 Å². The van der Waals surface area contributed by atoms with Crippen molar-refractivity contribution in [1.82, 2.24) is 4.98 Å². The number of aromatic nitrogens is 1. The van der Waals surface area contributed by atoms with Gasteiger partial charge in [-0.2, -0.15) is 0 Å². The second-order valence-corrected chi connectivity index (χ2v) is 4.91. The van der Waals surface area contributed by atoms with Crippen LogP contribution in [0.5, 0.6) is 0 Å². The second-order valence-electron chi connectivity index (χ2n) is 4.91. The summed E-state index contributed by atoms with van der Waals surface area (Å²) < 4.78 is 0. The van der Waals surface area contributed by atoms with Crippen LogP contribution in [0.2, 0.25) is 0 Å². The van der Waals surface area contributed by atoms with Crippen LogP contribution in [0, 0.1) is 6.92 Å². The maximum atomic E-state index is 12.1. The summed E-state index contributed by atoms with van der Waals surface area (Å²) in [5.74, 6) is 0. The van der Waals surface area contributed by atoms with Gasteiger partial charge in [-0.15, -0.1) is 0 Å². The third kappa shape index (κ3) is 2.63. The Morgan fingerprint density at radius 1 is 1.11 bits per heavy atom. The highest BCUT2D eigenvalue weighted by atomic mass is 16.1. The Morgan fingerprint density at radius 3 is 2.67 bits per heavy atom. The summed E-state index contributed by atoms with van der Waals surface area (Å²) in [5.41, 5.74) is 3.13. The minimum absolute atomic E-state index is 0.0858. The van der Waals surface area contributed by atoms with E-state index in [-0.39, 0.29) is 5.56 Å². The summed E-state index contributed by atoms with van der Waals surface area (Å²) in [6.45, 7) is 4.26. The summed E-state index contributed by atoms with van der Waals surface area (Å²) in [4.78, 5) is 15.0. The Kier molecular flexibility index (Phi) is 4.19. The first kappa shape index (κ1) is 12.9. The van der Waals surface area contributed by atoms with Crippen molar-refractivity contribution in [2.75, 3.05) is 0 Å². The first-order valence-electron chi connectivity index (χ1n) is 6.84. The number of benzene rings is 1. The molecule has 1 N–H and O–H groups in total. The van der Waals surface area contributed by atoms with E-state index < -0.39 is 0 Å². The molecule has 0 saturated heterocycles. The fourth-order valence-corrected chi connectivity index (χ4v) is 2.48. The zero-order valence-corrected chi connectivity index (χ0v) is 11.3. The molecule has 0 spiro atoms. The fraction of sp³-hybridized carbons (Fsp3) is 0.438. The molecule has 2 rings (SSSR count). The van der Waals surface area contributed by atoms with E-state index in [1.165, 1.54) is 24.6 Å². The molecule has 0 bridgehead atoms. The first-order valence-corrected chi connectivity index (χ1v) is 6.84. The SMILES string of the molecule is CCCCCCc1c(C)c2ccccc2[nH]c1=O. The number of nitrogens with one attached hydrogen (secondary N) is 1. The van der Waals surface area contributed by atoms with E-state index in [0.717, 1.165) is 29.5 Å². The molecular weight excluding hydrogens is 222 g/mol. The monoisotopic (exact) mass is 243 g/mol. The molecule has 0 saturated carbocycles. The normalized spacial score (nSPS) is 11.0. The Labute approximate surface area is 108 Å². The number of H-pyrrole nitrogens is 1. The molecule has 18 heavy (non-hydrogen) atoms. The van der Waals surface area contributed by atoms with Crippen molar-refractivity contribution >= 4 is 10.9 Å². The second kappa shape index (κ2) is 5.85. The molecule has 0 aliphatic rings. The van der Waals surface area contributed by atoms with Gasteiger partial charge in [0.2, 0.25) is 0 Å². The molecule has 0 aliphatic heterocycles. The van der Waals surface area contributed by atoms with E-state index in [2.05, 4.69) is 24.9 Å². The van der Waals surface area contributed by atoms with Gasteiger partial charge in [0.25, 0.3) is 5.56 Å². The van der Waals surface area contributed by atoms with E-state index >= 15 is 0 Å². The maximum Gasteiger partial charge on any atom is 0.251 e. The number of hydrogen-bond donors (Lipinski definition) is 1. The number of fused-ring (bicyclic) bond motifs is 1. The van der Waals surface area contributed by atoms with Gasteiger partial charge in [-0.05, 0) is 31.4 Å². The van der Waals surface area contributed by atoms with Crippen LogP contribution in [-0.4, -0.2) is 4.98 Å². The van der Waals surface area contributed by atoms with E-state index in [0.29, 0.717) is 0 Å². The Hall–Kier alpha value is -1.57. The van der Waals surface area contributed by atoms with Crippen LogP contribution in [-0.2, 0) is 6.42 Å². The summed E-state index contributed by atoms with van der Waals surface area (Å²) >= 11 is 0. The van der Waals surface area contributed by atoms with E-state index in [4.69, 9.17) is 0 Å². The number of rotatable bonds is 5. The molecule has 1 heterocycles. The lowest BCUT2D eigenvalue weighted by Crippen LogP contribution is -2.14. The van der Waals surface area contributed by atoms with Gasteiger partial charge in [-0.1, -0.05) is 44.4 Å². The molecule has 1 aromatic carbocycles. The van der Waals surface area contributed by atoms with Crippen LogP contribution >= 0.6 is 0 Å². The third-order valence-corrected chi connectivity index (χ3v) is 3.59. The van der Waals surface area contributed by atoms with Crippen LogP contribution < -0.4 is 5.56 Å². The van der Waals surface area contributed by atoms with Crippen molar-refractivity contribution in [2.45, 2.75) is 46.0 Å². The number of hydrogen-bond acceptors (Lipinski definition) is 1. The van der Waals surface area contributed by atoms with Gasteiger partial charge < -0.3 is 4.98 Å². The highest BCUT2D eigenvalue weighted by molar-refractivity contribution is 5.82. The number of para-hydroxylation sites is 1. The van der Waals surface area contributed by atoms with Gasteiger partial charge in [0.15, 0.2) is 0 Å². The summed E-state index contributed by atoms with van der Waals surface area (Å²) in [6, 6.07) is 8.02. The van der Waals surface area contributed by atoms with Crippen molar-refractivity contribution in [1.29, 1.82) is 0 Å². The van der Waals surface area contributed by atoms with Gasteiger partial charge >= 0.3 is 0 Å². The van der Waals surface area contributed by atoms with Crippen molar-refractivity contribution in [3.63, 3.8) is 0 Å². The summed E-state index contributed by atoms with van der Waals surface area (Å²) in [7, 11) is 0. The number of aromatic amines is 1. The van der Waals surface area contributed by atoms with Crippen molar-refractivity contribution < 1.29 is 0 Å². The molecule has 96 valence electrons. The molecule has 2 nitrogen and oxygen atoms in total. The predicted molar refractivity (Wildman–Crippen MR) is 77.2 cm³/mol. The molecule has 0 amide bonds. The van der Waals surface area contributed by atoms with Gasteiger partial charge in [0, 0.05) is 16.5 Å². The van der Waals surface area contributed by atoms with Gasteiger partial charge in [0.1, 0.15) is 0 Å². The van der Waals surface area contributed by atoms with Crippen molar-refractivity contribution in [3.05, 3.63) is 45.7 Å². The highest BCUT2D eigenvalue weighted by Crippen LogP contribution is 2.18. The molecule has 0 fully saturated rings. The summed E-state index contributed by atoms with van der Waals surface area (Å²) in [6.07, 6.45) is 5.70. The highest BCUT2D eigenvalue weighted by Gasteiger charge is 2.08.